The highest BCUT2D eigenvalue weighted by molar-refractivity contribution is 5.93. The molecule has 0 aromatic carbocycles. The first-order valence-corrected chi connectivity index (χ1v) is 7.87. The molecule has 1 saturated heterocycles. The minimum Gasteiger partial charge on any atom is -0.351 e. The molecule has 1 fully saturated rings. The van der Waals surface area contributed by atoms with Gasteiger partial charge in [-0.1, -0.05) is 20.8 Å². The Balaban J connectivity index is 1.78. The largest absolute Gasteiger partial charge is 0.351 e. The molecule has 1 aliphatic rings. The standard InChI is InChI=1S/C17H22N4O2/c1-17(2,3)15-12(6-7-14(22)20-15)19-16(23)13-9-11-5-4-8-21(11)10-18-13/h4-5,8-10,12,15H,6-7H2,1-3H3,(H,19,23)(H,20,22)/t12-,15-/m1/s1. The van der Waals surface area contributed by atoms with Crippen LogP contribution in [0.15, 0.2) is 30.7 Å². The average Bonchev–Trinajstić information content (AvgIpc) is 2.95. The van der Waals surface area contributed by atoms with Crippen molar-refractivity contribution < 1.29 is 9.59 Å². The Morgan fingerprint density at radius 3 is 2.96 bits per heavy atom. The summed E-state index contributed by atoms with van der Waals surface area (Å²) in [6, 6.07) is 5.42. The smallest absolute Gasteiger partial charge is 0.270 e. The number of fused-ring (bicyclic) bond motifs is 1. The van der Waals surface area contributed by atoms with Gasteiger partial charge in [-0.2, -0.15) is 0 Å². The molecule has 3 rings (SSSR count). The second-order valence-electron chi connectivity index (χ2n) is 7.14. The number of carbonyl (C=O) groups is 2. The third-order valence-corrected chi connectivity index (χ3v) is 4.30. The second kappa shape index (κ2) is 5.68. The first-order valence-electron chi connectivity index (χ1n) is 7.87. The summed E-state index contributed by atoms with van der Waals surface area (Å²) in [7, 11) is 0. The highest BCUT2D eigenvalue weighted by Gasteiger charge is 2.37. The molecule has 3 heterocycles. The van der Waals surface area contributed by atoms with Gasteiger partial charge in [0, 0.05) is 18.1 Å². The topological polar surface area (TPSA) is 75.5 Å². The lowest BCUT2D eigenvalue weighted by Gasteiger charge is -2.40. The van der Waals surface area contributed by atoms with E-state index in [4.69, 9.17) is 0 Å². The molecule has 6 heteroatoms. The number of aromatic nitrogens is 2. The quantitative estimate of drug-likeness (QED) is 0.887. The molecule has 0 bridgehead atoms. The lowest BCUT2D eigenvalue weighted by Crippen LogP contribution is -2.60. The van der Waals surface area contributed by atoms with Gasteiger partial charge in [0.25, 0.3) is 5.91 Å². The molecule has 2 aromatic heterocycles. The molecule has 2 amide bonds. The second-order valence-corrected chi connectivity index (χ2v) is 7.14. The number of rotatable bonds is 2. The van der Waals surface area contributed by atoms with Gasteiger partial charge in [0.2, 0.25) is 5.91 Å². The summed E-state index contributed by atoms with van der Waals surface area (Å²) in [5.74, 6) is -0.160. The molecule has 0 aliphatic carbocycles. The minimum absolute atomic E-state index is 0.0446. The SMILES string of the molecule is CC(C)(C)[C@@H]1NC(=O)CC[C@H]1NC(=O)c1cc2cccn2cn1. The number of nitrogens with zero attached hydrogens (tertiary/aromatic N) is 2. The van der Waals surface area contributed by atoms with Crippen LogP contribution >= 0.6 is 0 Å². The van der Waals surface area contributed by atoms with E-state index in [-0.39, 0.29) is 29.3 Å². The van der Waals surface area contributed by atoms with Crippen LogP contribution in [-0.2, 0) is 4.79 Å². The zero-order valence-corrected chi connectivity index (χ0v) is 13.7. The van der Waals surface area contributed by atoms with Crippen LogP contribution < -0.4 is 10.6 Å². The molecule has 23 heavy (non-hydrogen) atoms. The summed E-state index contributed by atoms with van der Waals surface area (Å²) in [5, 5.41) is 6.05. The number of hydrogen-bond acceptors (Lipinski definition) is 3. The van der Waals surface area contributed by atoms with Crippen molar-refractivity contribution in [2.24, 2.45) is 5.41 Å². The first kappa shape index (κ1) is 15.5. The average molecular weight is 314 g/mol. The summed E-state index contributed by atoms with van der Waals surface area (Å²) in [6.45, 7) is 6.19. The van der Waals surface area contributed by atoms with Gasteiger partial charge in [-0.05, 0) is 30.0 Å². The van der Waals surface area contributed by atoms with Gasteiger partial charge in [0.1, 0.15) is 5.69 Å². The third-order valence-electron chi connectivity index (χ3n) is 4.30. The fraction of sp³-hybridized carbons (Fsp3) is 0.471. The van der Waals surface area contributed by atoms with E-state index in [1.165, 1.54) is 0 Å². The van der Waals surface area contributed by atoms with Crippen LogP contribution in [0.4, 0.5) is 0 Å². The van der Waals surface area contributed by atoms with Crippen molar-refractivity contribution >= 4 is 17.3 Å². The van der Waals surface area contributed by atoms with E-state index < -0.39 is 0 Å². The molecule has 0 radical (unpaired) electrons. The van der Waals surface area contributed by atoms with Crippen LogP contribution in [-0.4, -0.2) is 33.3 Å². The Hall–Kier alpha value is -2.37. The maximum atomic E-state index is 12.5. The summed E-state index contributed by atoms with van der Waals surface area (Å²) in [6.07, 6.45) is 4.60. The van der Waals surface area contributed by atoms with Gasteiger partial charge < -0.3 is 15.0 Å². The van der Waals surface area contributed by atoms with Crippen LogP contribution in [0.5, 0.6) is 0 Å². The summed E-state index contributed by atoms with van der Waals surface area (Å²) >= 11 is 0. The van der Waals surface area contributed by atoms with E-state index in [0.717, 1.165) is 5.52 Å². The molecule has 122 valence electrons. The summed E-state index contributed by atoms with van der Waals surface area (Å²) in [5.41, 5.74) is 1.18. The molecular formula is C17H22N4O2. The van der Waals surface area contributed by atoms with Gasteiger partial charge >= 0.3 is 0 Å². The van der Waals surface area contributed by atoms with Crippen LogP contribution in [0.2, 0.25) is 0 Å². The van der Waals surface area contributed by atoms with Crippen molar-refractivity contribution in [2.75, 3.05) is 0 Å². The van der Waals surface area contributed by atoms with E-state index >= 15 is 0 Å². The van der Waals surface area contributed by atoms with Crippen molar-refractivity contribution in [2.45, 2.75) is 45.7 Å². The zero-order chi connectivity index (χ0) is 16.6. The van der Waals surface area contributed by atoms with Gasteiger partial charge in [0.15, 0.2) is 0 Å². The molecule has 2 N–H and O–H groups in total. The van der Waals surface area contributed by atoms with E-state index in [0.29, 0.717) is 18.5 Å². The van der Waals surface area contributed by atoms with E-state index in [1.54, 1.807) is 12.4 Å². The zero-order valence-electron chi connectivity index (χ0n) is 13.7. The minimum atomic E-state index is -0.205. The predicted octanol–water partition coefficient (Wildman–Crippen LogP) is 1.76. The van der Waals surface area contributed by atoms with Gasteiger partial charge in [-0.3, -0.25) is 9.59 Å². The highest BCUT2D eigenvalue weighted by atomic mass is 16.2. The highest BCUT2D eigenvalue weighted by Crippen LogP contribution is 2.27. The van der Waals surface area contributed by atoms with E-state index in [1.807, 2.05) is 22.7 Å². The maximum Gasteiger partial charge on any atom is 0.270 e. The van der Waals surface area contributed by atoms with Crippen molar-refractivity contribution in [3.05, 3.63) is 36.4 Å². The number of hydrogen-bond donors (Lipinski definition) is 2. The third kappa shape index (κ3) is 3.21. The molecule has 2 atom stereocenters. The fourth-order valence-corrected chi connectivity index (χ4v) is 3.08. The molecule has 0 spiro atoms. The van der Waals surface area contributed by atoms with Crippen LogP contribution in [0.1, 0.15) is 44.1 Å². The van der Waals surface area contributed by atoms with Crippen LogP contribution in [0.3, 0.4) is 0 Å². The maximum absolute atomic E-state index is 12.5. The van der Waals surface area contributed by atoms with Gasteiger partial charge in [-0.15, -0.1) is 0 Å². The molecule has 0 unspecified atom stereocenters. The predicted molar refractivity (Wildman–Crippen MR) is 87.1 cm³/mol. The van der Waals surface area contributed by atoms with Gasteiger partial charge in [0.05, 0.1) is 18.4 Å². The van der Waals surface area contributed by atoms with Crippen molar-refractivity contribution in [1.82, 2.24) is 20.0 Å². The Bertz CT molecular complexity index is 744. The fourth-order valence-electron chi connectivity index (χ4n) is 3.08. The number of nitrogens with one attached hydrogen (secondary N) is 2. The Kier molecular flexibility index (Phi) is 3.83. The lowest BCUT2D eigenvalue weighted by atomic mass is 9.78. The van der Waals surface area contributed by atoms with Crippen molar-refractivity contribution in [3.8, 4) is 0 Å². The number of amides is 2. The lowest BCUT2D eigenvalue weighted by molar-refractivity contribution is -0.125. The first-order chi connectivity index (χ1) is 10.8. The molecule has 6 nitrogen and oxygen atoms in total. The molecule has 0 saturated carbocycles. The normalized spacial score (nSPS) is 22.0. The van der Waals surface area contributed by atoms with Crippen molar-refractivity contribution in [1.29, 1.82) is 0 Å². The Morgan fingerprint density at radius 2 is 2.22 bits per heavy atom. The van der Waals surface area contributed by atoms with Crippen LogP contribution in [0, 0.1) is 5.41 Å². The monoisotopic (exact) mass is 314 g/mol. The Morgan fingerprint density at radius 1 is 1.43 bits per heavy atom. The number of carbonyl (C=O) groups excluding carboxylic acids is 2. The molecular weight excluding hydrogens is 292 g/mol. The Labute approximate surface area is 135 Å². The van der Waals surface area contributed by atoms with Gasteiger partial charge in [-0.25, -0.2) is 4.98 Å². The van der Waals surface area contributed by atoms with E-state index in [2.05, 4.69) is 36.4 Å². The summed E-state index contributed by atoms with van der Waals surface area (Å²) < 4.78 is 1.86. The van der Waals surface area contributed by atoms with Crippen LogP contribution in [0.25, 0.3) is 5.52 Å². The molecule has 1 aliphatic heterocycles. The molecule has 2 aromatic rings. The van der Waals surface area contributed by atoms with E-state index in [9.17, 15) is 9.59 Å². The number of piperidine rings is 1. The summed E-state index contributed by atoms with van der Waals surface area (Å²) in [4.78, 5) is 28.4. The van der Waals surface area contributed by atoms with Crippen molar-refractivity contribution in [3.63, 3.8) is 0 Å².